The van der Waals surface area contributed by atoms with Crippen LogP contribution in [0.2, 0.25) is 0 Å². The van der Waals surface area contributed by atoms with Gasteiger partial charge in [-0.2, -0.15) is 0 Å². The van der Waals surface area contributed by atoms with E-state index in [1.165, 1.54) is 43.6 Å². The van der Waals surface area contributed by atoms with Gasteiger partial charge in [-0.3, -0.25) is 4.98 Å². The second kappa shape index (κ2) is 14.3. The zero-order valence-corrected chi connectivity index (χ0v) is 34.1. The van der Waals surface area contributed by atoms with Crippen LogP contribution in [-0.4, -0.2) is 19.9 Å². The van der Waals surface area contributed by atoms with Gasteiger partial charge >= 0.3 is 0 Å². The van der Waals surface area contributed by atoms with Gasteiger partial charge in [0, 0.05) is 59.9 Å². The van der Waals surface area contributed by atoms with E-state index >= 15 is 0 Å². The highest BCUT2D eigenvalue weighted by Crippen LogP contribution is 2.50. The Morgan fingerprint density at radius 3 is 1.87 bits per heavy atom. The minimum Gasteiger partial charge on any atom is -0.252 e. The summed E-state index contributed by atoms with van der Waals surface area (Å²) in [6.45, 7) is 2.11. The summed E-state index contributed by atoms with van der Waals surface area (Å²) >= 11 is 1.77. The van der Waals surface area contributed by atoms with Crippen molar-refractivity contribution in [2.45, 2.75) is 12.8 Å². The summed E-state index contributed by atoms with van der Waals surface area (Å²) in [7, 11) is 0. The van der Waals surface area contributed by atoms with Crippen molar-refractivity contribution >= 4 is 42.4 Å². The molecule has 4 heterocycles. The summed E-state index contributed by atoms with van der Waals surface area (Å²) in [5.74, 6) is 0.778. The van der Waals surface area contributed by atoms with E-state index in [1.54, 1.807) is 11.3 Å². The van der Waals surface area contributed by atoms with Crippen LogP contribution in [0.3, 0.4) is 0 Å². The molecule has 61 heavy (non-hydrogen) atoms. The van der Waals surface area contributed by atoms with E-state index in [1.807, 2.05) is 18.3 Å². The summed E-state index contributed by atoms with van der Waals surface area (Å²) in [4.78, 5) is 20.9. The Kier molecular flexibility index (Phi) is 8.29. The first-order valence-electron chi connectivity index (χ1n) is 20.7. The summed E-state index contributed by atoms with van der Waals surface area (Å²) in [6.07, 6.45) is 1.89. The van der Waals surface area contributed by atoms with Gasteiger partial charge in [-0.25, -0.2) is 15.0 Å². The molecule has 0 aliphatic heterocycles. The van der Waals surface area contributed by atoms with E-state index in [0.29, 0.717) is 5.82 Å². The van der Waals surface area contributed by atoms with Crippen molar-refractivity contribution in [3.05, 3.63) is 217 Å². The second-order valence-electron chi connectivity index (χ2n) is 15.8. The summed E-state index contributed by atoms with van der Waals surface area (Å²) in [6, 6.07) is 67.2. The lowest BCUT2D eigenvalue weighted by atomic mass is 9.87. The molecule has 1 aliphatic rings. The average Bonchev–Trinajstić information content (AvgIpc) is 3.87. The van der Waals surface area contributed by atoms with Crippen molar-refractivity contribution in [2.24, 2.45) is 0 Å². The van der Waals surface area contributed by atoms with Crippen molar-refractivity contribution in [3.63, 3.8) is 0 Å². The third-order valence-corrected chi connectivity index (χ3v) is 13.4. The van der Waals surface area contributed by atoms with Gasteiger partial charge in [0.1, 0.15) is 5.69 Å². The topological polar surface area (TPSA) is 51.6 Å². The van der Waals surface area contributed by atoms with Crippen molar-refractivity contribution in [2.75, 3.05) is 0 Å². The highest BCUT2D eigenvalue weighted by molar-refractivity contribution is 7.25. The first kappa shape index (κ1) is 35.4. The second-order valence-corrected chi connectivity index (χ2v) is 16.8. The molecule has 0 bridgehead atoms. The minimum atomic E-state index is 0.169. The molecule has 5 heteroatoms. The Morgan fingerprint density at radius 1 is 0.443 bits per heavy atom. The van der Waals surface area contributed by atoms with Gasteiger partial charge < -0.3 is 0 Å². The lowest BCUT2D eigenvalue weighted by Gasteiger charge is -2.16. The van der Waals surface area contributed by atoms with E-state index in [0.717, 1.165) is 71.4 Å². The molecule has 286 valence electrons. The number of fused-ring (bicyclic) bond motifs is 7. The van der Waals surface area contributed by atoms with E-state index in [2.05, 4.69) is 183 Å². The molecule has 1 atom stereocenters. The first-order valence-corrected chi connectivity index (χ1v) is 21.5. The number of benzene rings is 7. The molecule has 0 spiro atoms. The highest BCUT2D eigenvalue weighted by atomic mass is 32.1. The van der Waals surface area contributed by atoms with Crippen LogP contribution < -0.4 is 0 Å². The number of nitrogens with zero attached hydrogens (tertiary/aromatic N) is 4. The summed E-state index contributed by atoms with van der Waals surface area (Å²) in [5.41, 5.74) is 17.6. The van der Waals surface area contributed by atoms with Gasteiger partial charge in [-0.15, -0.1) is 11.3 Å². The SMILES string of the molecule is Cc1c(-c2ccccc2)nc(-c2nccc3sc4ccc(-c5cc(-c6ccc7c(c6)C(c6ccccc6)c6ccccc6-7)c6ccccc6n5)cc4c23)nc1-c1ccccc1. The van der Waals surface area contributed by atoms with Gasteiger partial charge in [0.05, 0.1) is 22.6 Å². The lowest BCUT2D eigenvalue weighted by Crippen LogP contribution is -2.01. The fourth-order valence-electron chi connectivity index (χ4n) is 9.37. The molecule has 11 aromatic rings. The number of hydrogen-bond acceptors (Lipinski definition) is 5. The Hall–Kier alpha value is -7.60. The standard InChI is InChI=1S/C56H36N4S/c1-34-53(36-17-7-3-8-18-36)59-56(60-54(34)37-19-9-4-10-20-37)55-52-46-32-39(26-28-49(46)61-50(52)29-30-57-55)48-33-44(42-22-13-14-24-47(42)58-48)38-25-27-41-40-21-11-12-23-43(40)51(45(41)31-38)35-15-5-2-6-16-35/h2-33,51H,1H3. The molecular formula is C56H36N4S. The summed E-state index contributed by atoms with van der Waals surface area (Å²) < 4.78 is 2.32. The van der Waals surface area contributed by atoms with Gasteiger partial charge in [-0.1, -0.05) is 152 Å². The molecule has 1 unspecified atom stereocenters. The number of hydrogen-bond donors (Lipinski definition) is 0. The Labute approximate surface area is 357 Å². The van der Waals surface area contributed by atoms with Crippen LogP contribution in [0.4, 0.5) is 0 Å². The maximum atomic E-state index is 5.31. The molecule has 0 saturated heterocycles. The zero-order valence-electron chi connectivity index (χ0n) is 33.2. The van der Waals surface area contributed by atoms with Crippen molar-refractivity contribution < 1.29 is 0 Å². The Bertz CT molecular complexity index is 3430. The molecule has 0 radical (unpaired) electrons. The molecule has 1 aliphatic carbocycles. The van der Waals surface area contributed by atoms with Crippen LogP contribution >= 0.6 is 11.3 Å². The van der Waals surface area contributed by atoms with E-state index in [9.17, 15) is 0 Å². The van der Waals surface area contributed by atoms with E-state index in [4.69, 9.17) is 19.9 Å². The molecule has 0 saturated carbocycles. The van der Waals surface area contributed by atoms with Crippen LogP contribution in [0.5, 0.6) is 0 Å². The maximum Gasteiger partial charge on any atom is 0.180 e. The maximum absolute atomic E-state index is 5.31. The number of para-hydroxylation sites is 1. The molecule has 7 aromatic carbocycles. The quantitative estimate of drug-likeness (QED) is 0.168. The molecule has 4 aromatic heterocycles. The van der Waals surface area contributed by atoms with E-state index in [-0.39, 0.29) is 5.92 Å². The molecule has 0 amide bonds. The molecule has 0 N–H and O–H groups in total. The molecule has 0 fully saturated rings. The lowest BCUT2D eigenvalue weighted by molar-refractivity contribution is 1.02. The van der Waals surface area contributed by atoms with Crippen LogP contribution in [0, 0.1) is 6.92 Å². The third kappa shape index (κ3) is 5.88. The predicted octanol–water partition coefficient (Wildman–Crippen LogP) is 14.6. The molecule has 12 rings (SSSR count). The fourth-order valence-corrected chi connectivity index (χ4v) is 10.5. The van der Waals surface area contributed by atoms with Crippen molar-refractivity contribution in [1.82, 2.24) is 19.9 Å². The Morgan fingerprint density at radius 2 is 1.10 bits per heavy atom. The zero-order chi connectivity index (χ0) is 40.4. The number of thiophene rings is 1. The van der Waals surface area contributed by atoms with Gasteiger partial charge in [-0.05, 0) is 82.3 Å². The monoisotopic (exact) mass is 796 g/mol. The van der Waals surface area contributed by atoms with Crippen LogP contribution in [0.25, 0.3) is 98.6 Å². The van der Waals surface area contributed by atoms with Crippen LogP contribution in [-0.2, 0) is 0 Å². The normalized spacial score (nSPS) is 13.2. The fraction of sp³-hybridized carbons (Fsp3) is 0.0357. The van der Waals surface area contributed by atoms with Gasteiger partial charge in [0.2, 0.25) is 0 Å². The molecule has 4 nitrogen and oxygen atoms in total. The predicted molar refractivity (Wildman–Crippen MR) is 253 cm³/mol. The first-order chi connectivity index (χ1) is 30.2. The van der Waals surface area contributed by atoms with Crippen molar-refractivity contribution in [1.29, 1.82) is 0 Å². The Balaban J connectivity index is 1.03. The highest BCUT2D eigenvalue weighted by Gasteiger charge is 2.30. The van der Waals surface area contributed by atoms with Gasteiger partial charge in [0.15, 0.2) is 5.82 Å². The van der Waals surface area contributed by atoms with E-state index < -0.39 is 0 Å². The average molecular weight is 797 g/mol. The minimum absolute atomic E-state index is 0.169. The van der Waals surface area contributed by atoms with Crippen LogP contribution in [0.1, 0.15) is 28.2 Å². The van der Waals surface area contributed by atoms with Crippen molar-refractivity contribution in [3.8, 4) is 67.5 Å². The number of rotatable bonds is 6. The number of pyridine rings is 2. The summed E-state index contributed by atoms with van der Waals surface area (Å²) in [5, 5.41) is 3.30. The molecular weight excluding hydrogens is 761 g/mol. The number of aromatic nitrogens is 4. The van der Waals surface area contributed by atoms with Crippen LogP contribution in [0.15, 0.2) is 194 Å². The largest absolute Gasteiger partial charge is 0.252 e. The third-order valence-electron chi connectivity index (χ3n) is 12.2. The smallest absolute Gasteiger partial charge is 0.180 e. The van der Waals surface area contributed by atoms with Gasteiger partial charge in [0.25, 0.3) is 0 Å².